The molecule has 1 aliphatic rings. The van der Waals surface area contributed by atoms with E-state index in [4.69, 9.17) is 0 Å². The van der Waals surface area contributed by atoms with Gasteiger partial charge >= 0.3 is 5.97 Å². The van der Waals surface area contributed by atoms with Crippen molar-refractivity contribution >= 4 is 33.1 Å². The second-order valence-corrected chi connectivity index (χ2v) is 9.24. The second-order valence-electron chi connectivity index (χ2n) is 7.25. The number of halogens is 1. The van der Waals surface area contributed by atoms with Crippen LogP contribution in [0.2, 0.25) is 0 Å². The van der Waals surface area contributed by atoms with E-state index < -0.39 is 33.8 Å². The van der Waals surface area contributed by atoms with Gasteiger partial charge in [-0.05, 0) is 49.4 Å². The highest BCUT2D eigenvalue weighted by molar-refractivity contribution is 7.89. The monoisotopic (exact) mass is 429 g/mol. The molecule has 30 heavy (non-hydrogen) atoms. The van der Waals surface area contributed by atoms with Crippen LogP contribution in [0.25, 0.3) is 17.1 Å². The van der Waals surface area contributed by atoms with Gasteiger partial charge in [0.25, 0.3) is 0 Å². The molecule has 1 unspecified atom stereocenters. The van der Waals surface area contributed by atoms with Crippen LogP contribution in [0.15, 0.2) is 53.6 Å². The SMILES string of the molecule is CC(C(=O)O)c1c2n(c3ncccc13)C[C@H](N(C)S(=O)(=O)c1ccc(F)cc1)C=C2. The fraction of sp³-hybridized carbons (Fsp3) is 0.238. The molecule has 9 heteroatoms. The molecule has 3 heterocycles. The lowest BCUT2D eigenvalue weighted by atomic mass is 9.97. The van der Waals surface area contributed by atoms with Crippen LogP contribution in [0.3, 0.4) is 0 Å². The standard InChI is InChI=1S/C21H20FN3O4S/c1-13(21(26)27)19-17-4-3-11-23-20(17)25-12-15(7-10-18(19)25)24(2)30(28,29)16-8-5-14(22)6-9-16/h3-11,13,15H,12H2,1-2H3,(H,26,27)/t13?,15-/m1/s1. The van der Waals surface area contributed by atoms with Crippen LogP contribution in [0.1, 0.15) is 24.1 Å². The first-order valence-corrected chi connectivity index (χ1v) is 10.8. The van der Waals surface area contributed by atoms with Gasteiger partial charge in [0.2, 0.25) is 10.0 Å². The fourth-order valence-electron chi connectivity index (χ4n) is 3.80. The maximum Gasteiger partial charge on any atom is 0.310 e. The summed E-state index contributed by atoms with van der Waals surface area (Å²) in [6, 6.07) is 7.75. The number of carboxylic acids is 1. The number of likely N-dealkylation sites (N-methyl/N-ethyl adjacent to an activating group) is 1. The molecule has 0 aliphatic carbocycles. The molecule has 0 spiro atoms. The molecule has 2 aromatic heterocycles. The molecule has 1 N–H and O–H groups in total. The van der Waals surface area contributed by atoms with E-state index in [-0.39, 0.29) is 11.4 Å². The molecule has 156 valence electrons. The third-order valence-corrected chi connectivity index (χ3v) is 7.40. The third kappa shape index (κ3) is 3.20. The van der Waals surface area contributed by atoms with Crippen molar-refractivity contribution < 1.29 is 22.7 Å². The van der Waals surface area contributed by atoms with E-state index in [1.807, 2.05) is 10.6 Å². The quantitative estimate of drug-likeness (QED) is 0.673. The first kappa shape index (κ1) is 20.2. The third-order valence-electron chi connectivity index (χ3n) is 5.51. The number of rotatable bonds is 5. The van der Waals surface area contributed by atoms with Crippen LogP contribution in [-0.4, -0.2) is 46.4 Å². The summed E-state index contributed by atoms with van der Waals surface area (Å²) in [5, 5.41) is 10.3. The number of nitrogens with zero attached hydrogens (tertiary/aromatic N) is 3. The second kappa shape index (κ2) is 7.33. The van der Waals surface area contributed by atoms with Gasteiger partial charge in [-0.15, -0.1) is 0 Å². The Hall–Kier alpha value is -3.04. The number of hydrogen-bond donors (Lipinski definition) is 1. The van der Waals surface area contributed by atoms with E-state index in [2.05, 4.69) is 4.98 Å². The predicted molar refractivity (Wildman–Crippen MR) is 110 cm³/mol. The van der Waals surface area contributed by atoms with Gasteiger partial charge in [0.15, 0.2) is 0 Å². The first-order valence-electron chi connectivity index (χ1n) is 9.33. The van der Waals surface area contributed by atoms with E-state index in [0.717, 1.165) is 17.5 Å². The molecular weight excluding hydrogens is 409 g/mol. The van der Waals surface area contributed by atoms with Gasteiger partial charge in [0.1, 0.15) is 11.5 Å². The molecule has 0 saturated heterocycles. The molecule has 0 radical (unpaired) electrons. The smallest absolute Gasteiger partial charge is 0.310 e. The molecule has 1 aromatic carbocycles. The van der Waals surface area contributed by atoms with Crippen LogP contribution in [0.4, 0.5) is 4.39 Å². The number of carbonyl (C=O) groups is 1. The highest BCUT2D eigenvalue weighted by Crippen LogP contribution is 2.35. The molecular formula is C21H20FN3O4S. The van der Waals surface area contributed by atoms with E-state index in [9.17, 15) is 22.7 Å². The predicted octanol–water partition coefficient (Wildman–Crippen LogP) is 3.08. The van der Waals surface area contributed by atoms with E-state index >= 15 is 0 Å². The molecule has 2 atom stereocenters. The van der Waals surface area contributed by atoms with Crippen molar-refractivity contribution in [3.05, 3.63) is 65.7 Å². The molecule has 0 saturated carbocycles. The Labute approximate surface area is 173 Å². The number of pyridine rings is 1. The maximum atomic E-state index is 13.2. The lowest BCUT2D eigenvalue weighted by Gasteiger charge is -2.29. The molecule has 0 fully saturated rings. The van der Waals surface area contributed by atoms with Crippen LogP contribution >= 0.6 is 0 Å². The largest absolute Gasteiger partial charge is 0.481 e. The Morgan fingerprint density at radius 3 is 2.67 bits per heavy atom. The maximum absolute atomic E-state index is 13.2. The van der Waals surface area contributed by atoms with Crippen molar-refractivity contribution in [3.8, 4) is 0 Å². The molecule has 1 aliphatic heterocycles. The number of fused-ring (bicyclic) bond motifs is 3. The molecule has 7 nitrogen and oxygen atoms in total. The lowest BCUT2D eigenvalue weighted by molar-refractivity contribution is -0.138. The highest BCUT2D eigenvalue weighted by atomic mass is 32.2. The van der Waals surface area contributed by atoms with Gasteiger partial charge in [0.05, 0.1) is 16.9 Å². The van der Waals surface area contributed by atoms with Crippen LogP contribution in [-0.2, 0) is 21.4 Å². The van der Waals surface area contributed by atoms with Crippen LogP contribution < -0.4 is 0 Å². The van der Waals surface area contributed by atoms with Gasteiger partial charge in [-0.25, -0.2) is 17.8 Å². The zero-order valence-corrected chi connectivity index (χ0v) is 17.2. The average Bonchev–Trinajstić information content (AvgIpc) is 3.06. The fourth-order valence-corrected chi connectivity index (χ4v) is 5.11. The van der Waals surface area contributed by atoms with E-state index in [1.165, 1.54) is 23.5 Å². The summed E-state index contributed by atoms with van der Waals surface area (Å²) in [6.07, 6.45) is 5.12. The number of aromatic nitrogens is 2. The van der Waals surface area contributed by atoms with Crippen molar-refractivity contribution in [2.24, 2.45) is 0 Å². The minimum absolute atomic E-state index is 0.00118. The van der Waals surface area contributed by atoms with E-state index in [1.54, 1.807) is 31.3 Å². The van der Waals surface area contributed by atoms with Gasteiger partial charge < -0.3 is 9.67 Å². The van der Waals surface area contributed by atoms with Gasteiger partial charge in [-0.1, -0.05) is 6.08 Å². The summed E-state index contributed by atoms with van der Waals surface area (Å²) in [6.45, 7) is 1.90. The molecule has 4 rings (SSSR count). The summed E-state index contributed by atoms with van der Waals surface area (Å²) in [7, 11) is -2.38. The average molecular weight is 429 g/mol. The molecule has 0 amide bonds. The topological polar surface area (TPSA) is 92.5 Å². The minimum atomic E-state index is -3.85. The number of hydrogen-bond acceptors (Lipinski definition) is 4. The Morgan fingerprint density at radius 2 is 2.00 bits per heavy atom. The van der Waals surface area contributed by atoms with E-state index in [0.29, 0.717) is 16.9 Å². The Morgan fingerprint density at radius 1 is 1.30 bits per heavy atom. The zero-order valence-electron chi connectivity index (χ0n) is 16.4. The summed E-state index contributed by atoms with van der Waals surface area (Å²) in [5.41, 5.74) is 1.98. The number of sulfonamides is 1. The van der Waals surface area contributed by atoms with Crippen molar-refractivity contribution in [2.75, 3.05) is 7.05 Å². The Bertz CT molecular complexity index is 1270. The van der Waals surface area contributed by atoms with Crippen molar-refractivity contribution in [1.29, 1.82) is 0 Å². The zero-order chi connectivity index (χ0) is 21.6. The molecule has 3 aromatic rings. The minimum Gasteiger partial charge on any atom is -0.481 e. The summed E-state index contributed by atoms with van der Waals surface area (Å²) >= 11 is 0. The van der Waals surface area contributed by atoms with Gasteiger partial charge in [0, 0.05) is 36.4 Å². The Kier molecular flexibility index (Phi) is 4.95. The van der Waals surface area contributed by atoms with Gasteiger partial charge in [-0.3, -0.25) is 4.79 Å². The van der Waals surface area contributed by atoms with Crippen molar-refractivity contribution in [1.82, 2.24) is 13.9 Å². The normalized spacial score (nSPS) is 17.3. The number of carboxylic acid groups (broad SMARTS) is 1. The Balaban J connectivity index is 1.75. The lowest BCUT2D eigenvalue weighted by Crippen LogP contribution is -2.39. The number of aliphatic carboxylic acids is 1. The highest BCUT2D eigenvalue weighted by Gasteiger charge is 2.32. The molecule has 0 bridgehead atoms. The summed E-state index contributed by atoms with van der Waals surface area (Å²) < 4.78 is 42.3. The van der Waals surface area contributed by atoms with Crippen molar-refractivity contribution in [3.63, 3.8) is 0 Å². The van der Waals surface area contributed by atoms with Crippen molar-refractivity contribution in [2.45, 2.75) is 30.3 Å². The first-order chi connectivity index (χ1) is 14.2. The van der Waals surface area contributed by atoms with Crippen LogP contribution in [0.5, 0.6) is 0 Å². The number of benzene rings is 1. The van der Waals surface area contributed by atoms with Gasteiger partial charge in [-0.2, -0.15) is 4.31 Å². The van der Waals surface area contributed by atoms with Crippen LogP contribution in [0, 0.1) is 5.82 Å². The summed E-state index contributed by atoms with van der Waals surface area (Å²) in [4.78, 5) is 16.1. The summed E-state index contributed by atoms with van der Waals surface area (Å²) in [5.74, 6) is -2.20.